The highest BCUT2D eigenvalue weighted by Gasteiger charge is 2.30. The van der Waals surface area contributed by atoms with E-state index in [4.69, 9.17) is 37.0 Å². The van der Waals surface area contributed by atoms with E-state index < -0.39 is 97.5 Å². The highest BCUT2D eigenvalue weighted by Crippen LogP contribution is 2.45. The van der Waals surface area contributed by atoms with Crippen molar-refractivity contribution in [3.8, 4) is 0 Å². The number of phosphoric acid groups is 2. The molecule has 0 fully saturated rings. The highest BCUT2D eigenvalue weighted by molar-refractivity contribution is 7.47. The molecule has 5 atom stereocenters. The van der Waals surface area contributed by atoms with Crippen LogP contribution in [-0.2, 0) is 65.4 Å². The molecule has 0 aliphatic rings. The van der Waals surface area contributed by atoms with Crippen LogP contribution in [0.4, 0.5) is 0 Å². The normalized spacial score (nSPS) is 13.9. The van der Waals surface area contributed by atoms with Crippen LogP contribution in [0.25, 0.3) is 0 Å². The van der Waals surface area contributed by atoms with E-state index in [1.165, 1.54) is 225 Å². The Morgan fingerprint density at radius 2 is 0.430 bits per heavy atom. The van der Waals surface area contributed by atoms with Crippen LogP contribution in [0.3, 0.4) is 0 Å². The second-order valence-electron chi connectivity index (χ2n) is 26.7. The number of carbonyl (C=O) groups excluding carboxylic acids is 4. The predicted molar refractivity (Wildman–Crippen MR) is 377 cm³/mol. The van der Waals surface area contributed by atoms with Crippen LogP contribution in [-0.4, -0.2) is 96.7 Å². The summed E-state index contributed by atoms with van der Waals surface area (Å²) in [7, 11) is -9.90. The van der Waals surface area contributed by atoms with Crippen molar-refractivity contribution in [3.63, 3.8) is 0 Å². The molecule has 0 bridgehead atoms. The number of carbonyl (C=O) groups is 4. The predicted octanol–water partition coefficient (Wildman–Crippen LogP) is 21.8. The van der Waals surface area contributed by atoms with E-state index in [1.54, 1.807) is 0 Å². The first-order valence-electron chi connectivity index (χ1n) is 38.8. The lowest BCUT2D eigenvalue weighted by Gasteiger charge is -2.21. The van der Waals surface area contributed by atoms with E-state index in [1.807, 2.05) is 0 Å². The number of esters is 4. The fourth-order valence-corrected chi connectivity index (χ4v) is 13.0. The van der Waals surface area contributed by atoms with Crippen molar-refractivity contribution in [1.29, 1.82) is 0 Å². The molecule has 0 rings (SSSR count). The number of phosphoric ester groups is 2. The molecule has 0 aromatic heterocycles. The Morgan fingerprint density at radius 1 is 0.258 bits per heavy atom. The van der Waals surface area contributed by atoms with Gasteiger partial charge in [-0.05, 0) is 25.7 Å². The van der Waals surface area contributed by atoms with Gasteiger partial charge in [0.1, 0.15) is 19.3 Å². The zero-order valence-electron chi connectivity index (χ0n) is 60.2. The largest absolute Gasteiger partial charge is 0.472 e. The van der Waals surface area contributed by atoms with Crippen molar-refractivity contribution >= 4 is 39.5 Å². The molecule has 0 heterocycles. The van der Waals surface area contributed by atoms with Gasteiger partial charge in [-0.2, -0.15) is 0 Å². The van der Waals surface area contributed by atoms with Crippen LogP contribution >= 0.6 is 15.6 Å². The number of unbranched alkanes of at least 4 members (excludes halogenated alkanes) is 49. The molecule has 0 saturated carbocycles. The van der Waals surface area contributed by atoms with E-state index in [9.17, 15) is 43.2 Å². The molecule has 0 spiro atoms. The Labute approximate surface area is 568 Å². The number of hydrogen-bond acceptors (Lipinski definition) is 15. The fourth-order valence-electron chi connectivity index (χ4n) is 11.4. The van der Waals surface area contributed by atoms with Gasteiger partial charge in [0.25, 0.3) is 0 Å². The summed E-state index contributed by atoms with van der Waals surface area (Å²) in [6.07, 6.45) is 58.1. The third kappa shape index (κ3) is 68.4. The van der Waals surface area contributed by atoms with Crippen molar-refractivity contribution in [1.82, 2.24) is 0 Å². The highest BCUT2D eigenvalue weighted by atomic mass is 31.2. The summed E-state index contributed by atoms with van der Waals surface area (Å²) < 4.78 is 68.4. The molecule has 3 N–H and O–H groups in total. The summed E-state index contributed by atoms with van der Waals surface area (Å²) in [5.74, 6) is -2.11. The average Bonchev–Trinajstić information content (AvgIpc) is 2.12. The van der Waals surface area contributed by atoms with Crippen LogP contribution in [0.2, 0.25) is 0 Å². The second-order valence-corrected chi connectivity index (χ2v) is 29.6. The standard InChI is InChI=1S/C74H144O17P2/c1-5-9-13-17-21-25-29-32-33-34-35-36-38-41-45-49-53-57-61-74(79)91-70(65-85-72(77)59-55-51-47-43-40-37-30-26-22-18-14-10-6-2)67-89-93(82,83)87-63-68(75)62-86-92(80,81)88-66-69(64-84-71(76)58-54-50-46-42-28-24-20-16-12-8-4)90-73(78)60-56-52-48-44-39-31-27-23-19-15-11-7-3/h68-70,75H,5-67H2,1-4H3,(H,80,81)(H,82,83)/t68-,69+,70+/m0/s1. The molecule has 17 nitrogen and oxygen atoms in total. The van der Waals surface area contributed by atoms with Crippen molar-refractivity contribution in [3.05, 3.63) is 0 Å². The number of ether oxygens (including phenoxy) is 4. The van der Waals surface area contributed by atoms with Gasteiger partial charge in [0.15, 0.2) is 12.2 Å². The Balaban J connectivity index is 5.22. The molecule has 0 aliphatic carbocycles. The molecule has 0 amide bonds. The monoisotopic (exact) mass is 1370 g/mol. The minimum Gasteiger partial charge on any atom is -0.462 e. The van der Waals surface area contributed by atoms with Crippen molar-refractivity contribution in [2.45, 2.75) is 412 Å². The zero-order chi connectivity index (χ0) is 68.2. The second kappa shape index (κ2) is 68.6. The summed E-state index contributed by atoms with van der Waals surface area (Å²) >= 11 is 0. The van der Waals surface area contributed by atoms with Crippen molar-refractivity contribution < 1.29 is 80.2 Å². The van der Waals surface area contributed by atoms with E-state index in [0.29, 0.717) is 25.7 Å². The summed E-state index contributed by atoms with van der Waals surface area (Å²) in [6, 6.07) is 0. The van der Waals surface area contributed by atoms with Gasteiger partial charge in [0.2, 0.25) is 0 Å². The molecule has 552 valence electrons. The number of aliphatic hydroxyl groups is 1. The van der Waals surface area contributed by atoms with Gasteiger partial charge in [-0.3, -0.25) is 37.3 Å². The van der Waals surface area contributed by atoms with E-state index in [-0.39, 0.29) is 25.7 Å². The summed E-state index contributed by atoms with van der Waals surface area (Å²) in [6.45, 7) is 4.97. The lowest BCUT2D eigenvalue weighted by molar-refractivity contribution is -0.161. The minimum atomic E-state index is -4.95. The van der Waals surface area contributed by atoms with Gasteiger partial charge in [-0.25, -0.2) is 9.13 Å². The molecule has 0 aromatic carbocycles. The lowest BCUT2D eigenvalue weighted by Crippen LogP contribution is -2.30. The maximum absolute atomic E-state index is 13.1. The van der Waals surface area contributed by atoms with Gasteiger partial charge < -0.3 is 33.8 Å². The first kappa shape index (κ1) is 91.1. The summed E-state index contributed by atoms with van der Waals surface area (Å²) in [5, 5.41) is 10.6. The van der Waals surface area contributed by atoms with Gasteiger partial charge >= 0.3 is 39.5 Å². The fraction of sp³-hybridized carbons (Fsp3) is 0.946. The van der Waals surface area contributed by atoms with Gasteiger partial charge in [-0.1, -0.05) is 342 Å². The molecule has 0 saturated heterocycles. The quantitative estimate of drug-likeness (QED) is 0.0222. The minimum absolute atomic E-state index is 0.108. The van der Waals surface area contributed by atoms with Crippen LogP contribution in [0.1, 0.15) is 394 Å². The van der Waals surface area contributed by atoms with Crippen molar-refractivity contribution in [2.24, 2.45) is 0 Å². The van der Waals surface area contributed by atoms with Gasteiger partial charge in [0.05, 0.1) is 26.4 Å². The lowest BCUT2D eigenvalue weighted by atomic mass is 10.0. The van der Waals surface area contributed by atoms with Crippen LogP contribution in [0.15, 0.2) is 0 Å². The van der Waals surface area contributed by atoms with Crippen LogP contribution in [0, 0.1) is 0 Å². The Hall–Kier alpha value is -1.94. The molecular weight excluding hydrogens is 1220 g/mol. The van der Waals surface area contributed by atoms with Gasteiger partial charge in [0, 0.05) is 25.7 Å². The Kier molecular flexibility index (Phi) is 67.1. The maximum Gasteiger partial charge on any atom is 0.472 e. The number of aliphatic hydroxyl groups excluding tert-OH is 1. The van der Waals surface area contributed by atoms with E-state index in [0.717, 1.165) is 89.9 Å². The van der Waals surface area contributed by atoms with E-state index >= 15 is 0 Å². The molecule has 19 heteroatoms. The van der Waals surface area contributed by atoms with Gasteiger partial charge in [-0.15, -0.1) is 0 Å². The average molecular weight is 1370 g/mol. The summed E-state index contributed by atoms with van der Waals surface area (Å²) in [4.78, 5) is 72.7. The van der Waals surface area contributed by atoms with E-state index in [2.05, 4.69) is 27.7 Å². The zero-order valence-corrected chi connectivity index (χ0v) is 62.0. The topological polar surface area (TPSA) is 237 Å². The molecular formula is C74H144O17P2. The SMILES string of the molecule is CCCCCCCCCCCCCCCCCCCCC(=O)O[C@H](COC(=O)CCCCCCCCCCCCCCC)COP(=O)(O)OC[C@@H](O)COP(=O)(O)OC[C@@H](COC(=O)CCCCCCCCCCCC)OC(=O)CCCCCCCCCCCCCC. The van der Waals surface area contributed by atoms with Crippen LogP contribution in [0.5, 0.6) is 0 Å². The Morgan fingerprint density at radius 3 is 0.634 bits per heavy atom. The summed E-state index contributed by atoms with van der Waals surface area (Å²) in [5.41, 5.74) is 0. The third-order valence-corrected chi connectivity index (χ3v) is 19.3. The Bertz CT molecular complexity index is 1770. The third-order valence-electron chi connectivity index (χ3n) is 17.4. The maximum atomic E-state index is 13.1. The number of rotatable bonds is 75. The first-order chi connectivity index (χ1) is 45.2. The van der Waals surface area contributed by atoms with Crippen LogP contribution < -0.4 is 0 Å². The smallest absolute Gasteiger partial charge is 0.462 e. The van der Waals surface area contributed by atoms with Crippen molar-refractivity contribution in [2.75, 3.05) is 39.6 Å². The first-order valence-corrected chi connectivity index (χ1v) is 41.8. The molecule has 0 aromatic rings. The molecule has 2 unspecified atom stereocenters. The molecule has 0 radical (unpaired) electrons. The molecule has 0 aliphatic heterocycles. The number of hydrogen-bond donors (Lipinski definition) is 3. The molecule has 93 heavy (non-hydrogen) atoms.